The van der Waals surface area contributed by atoms with Gasteiger partial charge in [-0.2, -0.15) is 0 Å². The van der Waals surface area contributed by atoms with Crippen LogP contribution in [0.4, 0.5) is 0 Å². The van der Waals surface area contributed by atoms with Crippen molar-refractivity contribution in [2.75, 3.05) is 0 Å². The van der Waals surface area contributed by atoms with E-state index in [0.29, 0.717) is 5.76 Å². The molecule has 0 unspecified atom stereocenters. The minimum Gasteiger partial charge on any atom is -0.512 e. The van der Waals surface area contributed by atoms with Crippen LogP contribution in [0.3, 0.4) is 0 Å². The zero-order valence-corrected chi connectivity index (χ0v) is 7.59. The zero-order valence-electron chi connectivity index (χ0n) is 3.96. The molecule has 7 heavy (non-hydrogen) atoms. The third kappa shape index (κ3) is 2.32. The summed E-state index contributed by atoms with van der Waals surface area (Å²) in [6.45, 7) is 0. The SMILES string of the molecule is OC1=CC=CC1.[La]. The zero-order chi connectivity index (χ0) is 4.41. The van der Waals surface area contributed by atoms with Gasteiger partial charge in [-0.25, -0.2) is 0 Å². The van der Waals surface area contributed by atoms with Gasteiger partial charge in [0.2, 0.25) is 0 Å². The van der Waals surface area contributed by atoms with E-state index in [1.807, 2.05) is 12.2 Å². The van der Waals surface area contributed by atoms with Crippen molar-refractivity contribution in [2.45, 2.75) is 6.42 Å². The van der Waals surface area contributed by atoms with Crippen molar-refractivity contribution in [3.63, 3.8) is 0 Å². The first kappa shape index (κ1) is 7.47. The van der Waals surface area contributed by atoms with Crippen LogP contribution in [0.25, 0.3) is 0 Å². The molecular weight excluding hydrogens is 215 g/mol. The molecule has 0 saturated carbocycles. The fourth-order valence-corrected chi connectivity index (χ4v) is 0.436. The predicted molar refractivity (Wildman–Crippen MR) is 24.5 cm³/mol. The Balaban J connectivity index is 0.000000360. The summed E-state index contributed by atoms with van der Waals surface area (Å²) in [4.78, 5) is 0. The molecule has 0 heterocycles. The Bertz CT molecular complexity index is 105. The molecule has 0 aromatic carbocycles. The summed E-state index contributed by atoms with van der Waals surface area (Å²) in [5.41, 5.74) is 0. The van der Waals surface area contributed by atoms with Crippen molar-refractivity contribution in [3.05, 3.63) is 24.0 Å². The molecule has 0 aliphatic heterocycles. The summed E-state index contributed by atoms with van der Waals surface area (Å²) in [6.07, 6.45) is 6.17. The third-order valence-corrected chi connectivity index (χ3v) is 0.752. The van der Waals surface area contributed by atoms with E-state index in [9.17, 15) is 0 Å². The summed E-state index contributed by atoms with van der Waals surface area (Å²) in [5, 5.41) is 8.53. The molecule has 1 radical (unpaired) electrons. The van der Waals surface area contributed by atoms with Crippen molar-refractivity contribution in [2.24, 2.45) is 0 Å². The van der Waals surface area contributed by atoms with Gasteiger partial charge in [-0.3, -0.25) is 0 Å². The number of hydrogen-bond acceptors (Lipinski definition) is 1. The van der Waals surface area contributed by atoms with E-state index in [4.69, 9.17) is 5.11 Å². The van der Waals surface area contributed by atoms with Gasteiger partial charge in [-0.1, -0.05) is 12.2 Å². The van der Waals surface area contributed by atoms with E-state index in [-0.39, 0.29) is 35.6 Å². The first-order valence-corrected chi connectivity index (χ1v) is 1.94. The van der Waals surface area contributed by atoms with Crippen molar-refractivity contribution >= 4 is 0 Å². The van der Waals surface area contributed by atoms with Gasteiger partial charge < -0.3 is 5.11 Å². The fourth-order valence-electron chi connectivity index (χ4n) is 0.436. The number of hydrogen-bond donors (Lipinski definition) is 1. The monoisotopic (exact) mass is 221 g/mol. The van der Waals surface area contributed by atoms with E-state index >= 15 is 0 Å². The molecule has 1 N–H and O–H groups in total. The van der Waals surface area contributed by atoms with Crippen LogP contribution in [0, 0.1) is 35.6 Å². The van der Waals surface area contributed by atoms with Crippen LogP contribution in [0.15, 0.2) is 24.0 Å². The van der Waals surface area contributed by atoms with Crippen molar-refractivity contribution in [3.8, 4) is 0 Å². The van der Waals surface area contributed by atoms with E-state index in [0.717, 1.165) is 6.42 Å². The second kappa shape index (κ2) is 3.47. The molecule has 0 atom stereocenters. The minimum absolute atomic E-state index is 0. The summed E-state index contributed by atoms with van der Waals surface area (Å²) in [6, 6.07) is 0. The summed E-state index contributed by atoms with van der Waals surface area (Å²) in [5.74, 6) is 0.468. The molecule has 1 rings (SSSR count). The molecule has 2 heteroatoms. The molecule has 0 aromatic rings. The maximum atomic E-state index is 8.53. The molecule has 1 aliphatic rings. The summed E-state index contributed by atoms with van der Waals surface area (Å²) < 4.78 is 0. The number of aliphatic hydroxyl groups excluding tert-OH is 1. The molecule has 1 aliphatic carbocycles. The van der Waals surface area contributed by atoms with E-state index < -0.39 is 0 Å². The predicted octanol–water partition coefficient (Wildman–Crippen LogP) is 1.39. The molecule has 0 saturated heterocycles. The Morgan fingerprint density at radius 2 is 2.29 bits per heavy atom. The molecule has 35 valence electrons. The molecule has 1 nitrogen and oxygen atoms in total. The largest absolute Gasteiger partial charge is 0.512 e. The van der Waals surface area contributed by atoms with Crippen LogP contribution in [0.1, 0.15) is 6.42 Å². The third-order valence-electron chi connectivity index (χ3n) is 0.752. The van der Waals surface area contributed by atoms with Crippen LogP contribution in [0.5, 0.6) is 0 Å². The van der Waals surface area contributed by atoms with Gasteiger partial charge in [-0.05, 0) is 6.08 Å². The van der Waals surface area contributed by atoms with Gasteiger partial charge in [0.05, 0.1) is 5.76 Å². The van der Waals surface area contributed by atoms with E-state index in [1.54, 1.807) is 6.08 Å². The Morgan fingerprint density at radius 1 is 1.57 bits per heavy atom. The van der Waals surface area contributed by atoms with Crippen molar-refractivity contribution < 1.29 is 40.7 Å². The summed E-state index contributed by atoms with van der Waals surface area (Å²) >= 11 is 0. The van der Waals surface area contributed by atoms with E-state index in [1.165, 1.54) is 0 Å². The van der Waals surface area contributed by atoms with Gasteiger partial charge in [-0.15, -0.1) is 0 Å². The average molecular weight is 221 g/mol. The maximum absolute atomic E-state index is 8.53. The Labute approximate surface area is 70.7 Å². The van der Waals surface area contributed by atoms with Crippen molar-refractivity contribution in [1.82, 2.24) is 0 Å². The fraction of sp³-hybridized carbons (Fsp3) is 0.200. The van der Waals surface area contributed by atoms with Crippen LogP contribution in [0.2, 0.25) is 0 Å². The second-order valence-corrected chi connectivity index (χ2v) is 1.29. The van der Waals surface area contributed by atoms with Crippen LogP contribution >= 0.6 is 0 Å². The number of aliphatic hydroxyl groups is 1. The number of allylic oxidation sites excluding steroid dienone is 3. The Morgan fingerprint density at radius 3 is 2.43 bits per heavy atom. The molecule has 0 amide bonds. The van der Waals surface area contributed by atoms with Gasteiger partial charge in [0.15, 0.2) is 0 Å². The Hall–Kier alpha value is 0.475. The van der Waals surface area contributed by atoms with Gasteiger partial charge in [0, 0.05) is 42.0 Å². The van der Waals surface area contributed by atoms with Crippen LogP contribution in [-0.4, -0.2) is 5.11 Å². The smallest absolute Gasteiger partial charge is 0.0960 e. The number of rotatable bonds is 0. The molecule has 0 fully saturated rings. The van der Waals surface area contributed by atoms with Gasteiger partial charge >= 0.3 is 0 Å². The summed E-state index contributed by atoms with van der Waals surface area (Å²) in [7, 11) is 0. The molecule has 0 spiro atoms. The first-order valence-electron chi connectivity index (χ1n) is 1.94. The molecular formula is C5H6LaO. The maximum Gasteiger partial charge on any atom is 0.0960 e. The first-order chi connectivity index (χ1) is 2.89. The topological polar surface area (TPSA) is 20.2 Å². The van der Waals surface area contributed by atoms with Gasteiger partial charge in [0.25, 0.3) is 0 Å². The second-order valence-electron chi connectivity index (χ2n) is 1.29. The quantitative estimate of drug-likeness (QED) is 0.655. The Kier molecular flexibility index (Phi) is 3.71. The normalized spacial score (nSPS) is 15.7. The van der Waals surface area contributed by atoms with Crippen LogP contribution < -0.4 is 0 Å². The van der Waals surface area contributed by atoms with E-state index in [2.05, 4.69) is 0 Å². The van der Waals surface area contributed by atoms with Crippen LogP contribution in [-0.2, 0) is 0 Å². The average Bonchev–Trinajstić information content (AvgIpc) is 1.86. The molecule has 0 aromatic heterocycles. The molecule has 0 bridgehead atoms. The van der Waals surface area contributed by atoms with Gasteiger partial charge in [0.1, 0.15) is 0 Å². The standard InChI is InChI=1S/C5H6O.La/c6-5-3-1-2-4-5;/h1-3,6H,4H2;. The van der Waals surface area contributed by atoms with Crippen molar-refractivity contribution in [1.29, 1.82) is 0 Å². The minimum atomic E-state index is 0.